The van der Waals surface area contributed by atoms with Gasteiger partial charge in [0.2, 0.25) is 0 Å². The van der Waals surface area contributed by atoms with Gasteiger partial charge in [-0.3, -0.25) is 30.7 Å². The summed E-state index contributed by atoms with van der Waals surface area (Å²) in [5, 5.41) is 12.2. The summed E-state index contributed by atoms with van der Waals surface area (Å²) < 4.78 is 0. The quantitative estimate of drug-likeness (QED) is 0.321. The lowest BCUT2D eigenvalue weighted by Crippen LogP contribution is -2.36. The topological polar surface area (TPSA) is 113 Å². The predicted molar refractivity (Wildman–Crippen MR) is 119 cm³/mol. The number of pyridine rings is 1. The van der Waals surface area contributed by atoms with Crippen LogP contribution in [0.2, 0.25) is 0 Å². The van der Waals surface area contributed by atoms with Gasteiger partial charge in [-0.25, -0.2) is 0 Å². The minimum Gasteiger partial charge on any atom is -0.344 e. The van der Waals surface area contributed by atoms with Crippen molar-refractivity contribution in [2.45, 2.75) is 6.92 Å². The zero-order valence-electron chi connectivity index (χ0n) is 16.7. The summed E-state index contributed by atoms with van der Waals surface area (Å²) in [5.41, 5.74) is 9.08. The van der Waals surface area contributed by atoms with Crippen molar-refractivity contribution in [3.05, 3.63) is 101 Å². The Hall–Kier alpha value is -4.46. The van der Waals surface area contributed by atoms with Crippen LogP contribution in [0.1, 0.15) is 21.6 Å². The number of hydrogen-bond donors (Lipinski definition) is 3. The molecule has 0 atom stereocenters. The molecule has 0 aliphatic heterocycles. The summed E-state index contributed by atoms with van der Waals surface area (Å²) >= 11 is 0. The van der Waals surface area contributed by atoms with Gasteiger partial charge in [-0.15, -0.1) is 0 Å². The van der Waals surface area contributed by atoms with Crippen LogP contribution in [0, 0.1) is 17.0 Å². The molecule has 154 valence electrons. The molecular formula is C23H19N5O3. The van der Waals surface area contributed by atoms with Crippen LogP contribution in [0.4, 0.5) is 5.69 Å². The Labute approximate surface area is 177 Å². The monoisotopic (exact) mass is 413 g/mol. The van der Waals surface area contributed by atoms with Crippen LogP contribution in [-0.2, 0) is 0 Å². The molecule has 8 nitrogen and oxygen atoms in total. The number of fused-ring (bicyclic) bond motifs is 1. The van der Waals surface area contributed by atoms with Gasteiger partial charge in [0.1, 0.15) is 11.2 Å². The van der Waals surface area contributed by atoms with Crippen molar-refractivity contribution in [2.75, 3.05) is 0 Å². The summed E-state index contributed by atoms with van der Waals surface area (Å²) in [7, 11) is 0. The Kier molecular flexibility index (Phi) is 5.19. The predicted octanol–water partition coefficient (Wildman–Crippen LogP) is 4.35. The fraction of sp³-hybridized carbons (Fsp3) is 0.0435. The third kappa shape index (κ3) is 3.86. The minimum absolute atomic E-state index is 0.0843. The molecule has 0 aliphatic carbocycles. The molecule has 31 heavy (non-hydrogen) atoms. The number of nitrogens with zero attached hydrogens (tertiary/aromatic N) is 2. The van der Waals surface area contributed by atoms with E-state index in [0.717, 1.165) is 11.1 Å². The molecule has 1 amide bonds. The summed E-state index contributed by atoms with van der Waals surface area (Å²) in [5.74, 6) is -0.480. The van der Waals surface area contributed by atoms with Gasteiger partial charge in [0.25, 0.3) is 11.6 Å². The van der Waals surface area contributed by atoms with Crippen molar-refractivity contribution in [2.24, 2.45) is 0 Å². The number of H-pyrrole nitrogens is 1. The molecular weight excluding hydrogens is 394 g/mol. The lowest BCUT2D eigenvalue weighted by molar-refractivity contribution is -0.383. The smallest absolute Gasteiger partial charge is 0.293 e. The van der Waals surface area contributed by atoms with Gasteiger partial charge in [-0.05, 0) is 36.2 Å². The molecule has 2 aromatic heterocycles. The number of nitro benzene ring substituents is 1. The van der Waals surface area contributed by atoms with E-state index in [2.05, 4.69) is 27.4 Å². The number of benzene rings is 2. The molecule has 2 aromatic carbocycles. The van der Waals surface area contributed by atoms with E-state index in [4.69, 9.17) is 0 Å². The second-order valence-corrected chi connectivity index (χ2v) is 7.00. The number of aromatic amines is 1. The highest BCUT2D eigenvalue weighted by atomic mass is 16.6. The van der Waals surface area contributed by atoms with Gasteiger partial charge in [0, 0.05) is 35.0 Å². The Bertz CT molecular complexity index is 1300. The van der Waals surface area contributed by atoms with Gasteiger partial charge in [0.15, 0.2) is 0 Å². The highest BCUT2D eigenvalue weighted by molar-refractivity contribution is 6.11. The molecule has 0 saturated heterocycles. The number of rotatable bonds is 6. The van der Waals surface area contributed by atoms with Crippen LogP contribution in [0.15, 0.2) is 73.6 Å². The van der Waals surface area contributed by atoms with Crippen molar-refractivity contribution < 1.29 is 9.72 Å². The lowest BCUT2D eigenvalue weighted by atomic mass is 10.00. The van der Waals surface area contributed by atoms with Crippen LogP contribution in [0.5, 0.6) is 0 Å². The number of nitrogens with one attached hydrogen (secondary N) is 3. The molecule has 0 saturated carbocycles. The van der Waals surface area contributed by atoms with E-state index in [1.807, 2.05) is 36.4 Å². The maximum Gasteiger partial charge on any atom is 0.293 e. The molecule has 0 aliphatic rings. The van der Waals surface area contributed by atoms with Crippen molar-refractivity contribution in [3.8, 4) is 11.1 Å². The van der Waals surface area contributed by atoms with E-state index in [0.29, 0.717) is 27.7 Å². The van der Waals surface area contributed by atoms with Gasteiger partial charge in [-0.1, -0.05) is 36.9 Å². The summed E-state index contributed by atoms with van der Waals surface area (Å²) in [6.07, 6.45) is 3.26. The van der Waals surface area contributed by atoms with Crippen molar-refractivity contribution in [1.82, 2.24) is 20.8 Å². The second-order valence-electron chi connectivity index (χ2n) is 7.00. The minimum atomic E-state index is -0.480. The molecule has 3 N–H and O–H groups in total. The third-order valence-electron chi connectivity index (χ3n) is 4.85. The Morgan fingerprint density at radius 2 is 1.90 bits per heavy atom. The van der Waals surface area contributed by atoms with E-state index in [9.17, 15) is 14.9 Å². The molecule has 0 spiro atoms. The summed E-state index contributed by atoms with van der Waals surface area (Å²) in [6, 6.07) is 16.2. The molecule has 0 radical (unpaired) electrons. The van der Waals surface area contributed by atoms with Gasteiger partial charge in [-0.2, -0.15) is 0 Å². The first-order valence-electron chi connectivity index (χ1n) is 9.47. The Balaban J connectivity index is 1.77. The van der Waals surface area contributed by atoms with Crippen LogP contribution >= 0.6 is 0 Å². The number of aryl methyl sites for hydroxylation is 1. The molecule has 0 fully saturated rings. The number of non-ortho nitro benzene ring substituents is 1. The number of hydrogen-bond acceptors (Lipinski definition) is 5. The van der Waals surface area contributed by atoms with Crippen LogP contribution in [0.25, 0.3) is 27.7 Å². The fourth-order valence-corrected chi connectivity index (χ4v) is 3.45. The van der Waals surface area contributed by atoms with Crippen LogP contribution in [0.3, 0.4) is 0 Å². The van der Waals surface area contributed by atoms with E-state index in [1.54, 1.807) is 31.5 Å². The molecule has 4 aromatic rings. The number of carbonyl (C=O) groups excluding carboxylic acids is 1. The summed E-state index contributed by atoms with van der Waals surface area (Å²) in [6.45, 7) is 5.68. The first-order chi connectivity index (χ1) is 15.0. The second kappa shape index (κ2) is 8.11. The van der Waals surface area contributed by atoms with E-state index >= 15 is 0 Å². The number of hydrazine groups is 1. The molecule has 0 unspecified atom stereocenters. The zero-order valence-corrected chi connectivity index (χ0v) is 16.7. The number of amides is 1. The SMILES string of the molecule is C=C(NNC(=O)c1[nH]c2c([N+](=O)[O-])cc(C)cc2c1-c1ccccc1)c1cccnc1. The number of carbonyl (C=O) groups is 1. The lowest BCUT2D eigenvalue weighted by Gasteiger charge is -2.11. The van der Waals surface area contributed by atoms with Gasteiger partial charge in [0.05, 0.1) is 10.6 Å². The van der Waals surface area contributed by atoms with Gasteiger partial charge >= 0.3 is 0 Å². The molecule has 0 bridgehead atoms. The highest BCUT2D eigenvalue weighted by Crippen LogP contribution is 2.37. The Morgan fingerprint density at radius 3 is 2.58 bits per heavy atom. The first kappa shape index (κ1) is 19.8. The van der Waals surface area contributed by atoms with Gasteiger partial charge < -0.3 is 4.98 Å². The Morgan fingerprint density at radius 1 is 1.13 bits per heavy atom. The normalized spacial score (nSPS) is 10.6. The van der Waals surface area contributed by atoms with E-state index in [1.165, 1.54) is 6.07 Å². The van der Waals surface area contributed by atoms with Crippen molar-refractivity contribution in [3.63, 3.8) is 0 Å². The maximum atomic E-state index is 13.1. The molecule has 8 heteroatoms. The van der Waals surface area contributed by atoms with Crippen molar-refractivity contribution in [1.29, 1.82) is 0 Å². The van der Waals surface area contributed by atoms with E-state index in [-0.39, 0.29) is 11.4 Å². The van der Waals surface area contributed by atoms with E-state index < -0.39 is 10.8 Å². The maximum absolute atomic E-state index is 13.1. The zero-order chi connectivity index (χ0) is 22.0. The standard InChI is InChI=1S/C23H19N5O3/c1-14-11-18-20(16-7-4-3-5-8-16)22(25-21(18)19(12-14)28(30)31)23(29)27-26-15(2)17-9-6-10-24-13-17/h3-13,25-26H,2H2,1H3,(H,27,29). The molecule has 2 heterocycles. The largest absolute Gasteiger partial charge is 0.344 e. The first-order valence-corrected chi connectivity index (χ1v) is 9.47. The fourth-order valence-electron chi connectivity index (χ4n) is 3.45. The molecule has 4 rings (SSSR count). The van der Waals surface area contributed by atoms with Crippen LogP contribution in [-0.4, -0.2) is 20.8 Å². The average Bonchev–Trinajstić information content (AvgIpc) is 3.17. The number of aromatic nitrogens is 2. The summed E-state index contributed by atoms with van der Waals surface area (Å²) in [4.78, 5) is 31.2. The third-order valence-corrected chi connectivity index (χ3v) is 4.85. The number of nitro groups is 1. The van der Waals surface area contributed by atoms with Crippen molar-refractivity contribution >= 4 is 28.2 Å². The average molecular weight is 413 g/mol. The van der Waals surface area contributed by atoms with Crippen LogP contribution < -0.4 is 10.9 Å². The highest BCUT2D eigenvalue weighted by Gasteiger charge is 2.24.